The summed E-state index contributed by atoms with van der Waals surface area (Å²) in [5.41, 5.74) is 7.58. The molecular formula is C36H39N5O12. The second-order valence-electron chi connectivity index (χ2n) is 13.2. The first kappa shape index (κ1) is 36.5. The summed E-state index contributed by atoms with van der Waals surface area (Å²) in [6.45, 7) is -1.01. The van der Waals surface area contributed by atoms with Gasteiger partial charge in [0.1, 0.15) is 55.8 Å². The summed E-state index contributed by atoms with van der Waals surface area (Å²) in [6.07, 6.45) is -11.0. The standard InChI is InChI=1S/C36H39N5O12/c37-36-39-33-25(34(50)40-36)38-15-41(33)22-8-4-1-5-16(22)11-17-12-21-24(27(46)20-7-3-2-6-19(20)26(21)45)32(51-14-18(44)9-10-42)31(17)53-35-30(49)29(48)28(47)23(13-43)52-35/h1-8,10,12,18,23,25,28-30,33,35-36,38-39,43-44,47-49H,9,11,13-15,37H2,(H,40,50)/t18-,23+,25+,28+,29-,30+,33-,35-,36+/m1/s1. The van der Waals surface area contributed by atoms with Crippen LogP contribution in [0.25, 0.3) is 0 Å². The molecule has 3 aromatic rings. The Balaban J connectivity index is 1.38. The van der Waals surface area contributed by atoms with Crippen LogP contribution in [0.3, 0.4) is 0 Å². The molecule has 3 aromatic carbocycles. The van der Waals surface area contributed by atoms with E-state index in [2.05, 4.69) is 16.0 Å². The molecule has 17 nitrogen and oxygen atoms in total. The van der Waals surface area contributed by atoms with Crippen molar-refractivity contribution >= 4 is 29.4 Å². The van der Waals surface area contributed by atoms with Gasteiger partial charge in [-0.3, -0.25) is 30.8 Å². The van der Waals surface area contributed by atoms with Gasteiger partial charge in [-0.1, -0.05) is 42.5 Å². The SMILES string of the molecule is N[C@@H]1NC(=O)[C@H]2NCN(c3ccccc3Cc3cc4c(c(OC[C@H](O)CC=O)c3O[C@H]3O[C@@H](CO)[C@H](O)[C@@H](O)[C@@H]3O)C(=O)c3ccccc3C4=O)[C@H]2N1. The molecule has 0 aromatic heterocycles. The topological polar surface area (TPSA) is 262 Å². The van der Waals surface area contributed by atoms with E-state index in [1.54, 1.807) is 30.3 Å². The normalized spacial score (nSPS) is 28.4. The third kappa shape index (κ3) is 6.67. The molecule has 0 unspecified atom stereocenters. The maximum absolute atomic E-state index is 14.2. The van der Waals surface area contributed by atoms with Crippen molar-refractivity contribution in [1.29, 1.82) is 0 Å². The first-order chi connectivity index (χ1) is 25.5. The molecule has 3 saturated heterocycles. The minimum atomic E-state index is -1.86. The fourth-order valence-electron chi connectivity index (χ4n) is 7.15. The van der Waals surface area contributed by atoms with Crippen molar-refractivity contribution < 1.29 is 58.9 Å². The van der Waals surface area contributed by atoms with Crippen LogP contribution >= 0.6 is 0 Å². The molecule has 0 saturated carbocycles. The highest BCUT2D eigenvalue weighted by Gasteiger charge is 2.47. The number of ketones is 2. The molecular weight excluding hydrogens is 694 g/mol. The Hall–Kier alpha value is -4.82. The number of aliphatic hydroxyl groups is 5. The average Bonchev–Trinajstić information content (AvgIpc) is 3.58. The Kier molecular flexibility index (Phi) is 10.3. The second-order valence-corrected chi connectivity index (χ2v) is 13.2. The lowest BCUT2D eigenvalue weighted by atomic mass is 9.81. The molecule has 17 heteroatoms. The number of para-hydroxylation sites is 1. The van der Waals surface area contributed by atoms with E-state index in [-0.39, 0.29) is 64.7 Å². The first-order valence-corrected chi connectivity index (χ1v) is 17.0. The van der Waals surface area contributed by atoms with Crippen LogP contribution in [0.2, 0.25) is 0 Å². The van der Waals surface area contributed by atoms with Gasteiger partial charge in [0.25, 0.3) is 0 Å². The number of carbonyl (C=O) groups excluding carboxylic acids is 4. The Labute approximate surface area is 302 Å². The summed E-state index contributed by atoms with van der Waals surface area (Å²) in [5, 5.41) is 61.4. The van der Waals surface area contributed by atoms with Crippen LogP contribution in [-0.4, -0.2) is 124 Å². The van der Waals surface area contributed by atoms with Crippen molar-refractivity contribution in [2.75, 3.05) is 24.8 Å². The van der Waals surface area contributed by atoms with Crippen molar-refractivity contribution in [1.82, 2.24) is 16.0 Å². The van der Waals surface area contributed by atoms with E-state index in [1.165, 1.54) is 18.2 Å². The van der Waals surface area contributed by atoms with E-state index in [0.29, 0.717) is 17.5 Å². The minimum absolute atomic E-state index is 0.0152. The number of rotatable bonds is 11. The predicted molar refractivity (Wildman–Crippen MR) is 183 cm³/mol. The molecule has 3 fully saturated rings. The summed E-state index contributed by atoms with van der Waals surface area (Å²) < 4.78 is 18.0. The molecule has 1 aliphatic carbocycles. The van der Waals surface area contributed by atoms with Crippen molar-refractivity contribution in [3.05, 3.63) is 88.0 Å². The Morgan fingerprint density at radius 2 is 1.66 bits per heavy atom. The number of carbonyl (C=O) groups is 4. The predicted octanol–water partition coefficient (Wildman–Crippen LogP) is -2.42. The fraction of sp³-hybridized carbons (Fsp3) is 0.389. The van der Waals surface area contributed by atoms with Crippen LogP contribution in [0.1, 0.15) is 49.4 Å². The van der Waals surface area contributed by atoms with Crippen LogP contribution in [0.5, 0.6) is 11.5 Å². The summed E-state index contributed by atoms with van der Waals surface area (Å²) in [4.78, 5) is 54.1. The van der Waals surface area contributed by atoms with Gasteiger partial charge in [0.2, 0.25) is 12.2 Å². The lowest BCUT2D eigenvalue weighted by molar-refractivity contribution is -0.277. The van der Waals surface area contributed by atoms with E-state index >= 15 is 0 Å². The molecule has 0 bridgehead atoms. The van der Waals surface area contributed by atoms with Crippen molar-refractivity contribution in [2.45, 2.75) is 68.1 Å². The van der Waals surface area contributed by atoms with Gasteiger partial charge in [-0.15, -0.1) is 0 Å². The van der Waals surface area contributed by atoms with Crippen molar-refractivity contribution in [3.63, 3.8) is 0 Å². The maximum atomic E-state index is 14.2. The maximum Gasteiger partial charge on any atom is 0.242 e. The number of ether oxygens (including phenoxy) is 3. The van der Waals surface area contributed by atoms with Gasteiger partial charge in [0, 0.05) is 40.8 Å². The molecule has 4 aliphatic rings. The smallest absolute Gasteiger partial charge is 0.242 e. The summed E-state index contributed by atoms with van der Waals surface area (Å²) in [5.74, 6) is -1.90. The highest BCUT2D eigenvalue weighted by Crippen LogP contribution is 2.45. The van der Waals surface area contributed by atoms with E-state index in [9.17, 15) is 44.7 Å². The largest absolute Gasteiger partial charge is 0.486 e. The average molecular weight is 734 g/mol. The lowest BCUT2D eigenvalue weighted by Crippen LogP contribution is -2.70. The van der Waals surface area contributed by atoms with E-state index in [1.807, 2.05) is 11.0 Å². The number of anilines is 1. The quantitative estimate of drug-likeness (QED) is 0.0727. The Morgan fingerprint density at radius 3 is 2.40 bits per heavy atom. The van der Waals surface area contributed by atoms with Crippen LogP contribution in [0.15, 0.2) is 54.6 Å². The third-order valence-electron chi connectivity index (χ3n) is 9.82. The zero-order chi connectivity index (χ0) is 37.6. The van der Waals surface area contributed by atoms with Crippen LogP contribution < -0.4 is 36.1 Å². The van der Waals surface area contributed by atoms with Crippen molar-refractivity contribution in [3.8, 4) is 11.5 Å². The van der Waals surface area contributed by atoms with Crippen molar-refractivity contribution in [2.24, 2.45) is 5.73 Å². The molecule has 3 heterocycles. The van der Waals surface area contributed by atoms with Crippen LogP contribution in [0, 0.1) is 0 Å². The monoisotopic (exact) mass is 733 g/mol. The van der Waals surface area contributed by atoms with Crippen LogP contribution in [-0.2, 0) is 20.7 Å². The second kappa shape index (κ2) is 14.9. The number of hydrogen-bond donors (Lipinski definition) is 9. The number of hydrogen-bond acceptors (Lipinski definition) is 16. The molecule has 0 spiro atoms. The fourth-order valence-corrected chi connectivity index (χ4v) is 7.15. The van der Waals surface area contributed by atoms with Gasteiger partial charge in [-0.05, 0) is 17.7 Å². The number of nitrogens with zero attached hydrogens (tertiary/aromatic N) is 1. The lowest BCUT2D eigenvalue weighted by Gasteiger charge is -2.40. The third-order valence-corrected chi connectivity index (χ3v) is 9.82. The zero-order valence-corrected chi connectivity index (χ0v) is 28.1. The number of nitrogens with two attached hydrogens (primary N) is 1. The van der Waals surface area contributed by atoms with E-state index in [0.717, 1.165) is 0 Å². The molecule has 3 aliphatic heterocycles. The van der Waals surface area contributed by atoms with Crippen LogP contribution in [0.4, 0.5) is 5.69 Å². The van der Waals surface area contributed by atoms with Gasteiger partial charge in [-0.25, -0.2) is 0 Å². The summed E-state index contributed by atoms with van der Waals surface area (Å²) >= 11 is 0. The molecule has 1 amide bonds. The zero-order valence-electron chi connectivity index (χ0n) is 28.1. The highest BCUT2D eigenvalue weighted by atomic mass is 16.7. The Bertz CT molecular complexity index is 1930. The van der Waals surface area contributed by atoms with Gasteiger partial charge in [0.15, 0.2) is 23.1 Å². The number of nitrogens with one attached hydrogen (secondary N) is 3. The molecule has 9 atom stereocenters. The van der Waals surface area contributed by atoms with Gasteiger partial charge in [0.05, 0.1) is 24.9 Å². The first-order valence-electron chi connectivity index (χ1n) is 17.0. The Morgan fingerprint density at radius 1 is 0.943 bits per heavy atom. The number of aliphatic hydroxyl groups excluding tert-OH is 5. The summed E-state index contributed by atoms with van der Waals surface area (Å²) in [6, 6.07) is 14.3. The van der Waals surface area contributed by atoms with Gasteiger partial charge < -0.3 is 54.8 Å². The number of aldehydes is 1. The molecule has 0 radical (unpaired) electrons. The molecule has 10 N–H and O–H groups in total. The number of fused-ring (bicyclic) bond motifs is 3. The molecule has 53 heavy (non-hydrogen) atoms. The van der Waals surface area contributed by atoms with E-state index in [4.69, 9.17) is 19.9 Å². The number of amides is 1. The minimum Gasteiger partial charge on any atom is -0.486 e. The highest BCUT2D eigenvalue weighted by molar-refractivity contribution is 6.29. The van der Waals surface area contributed by atoms with Gasteiger partial charge in [-0.2, -0.15) is 0 Å². The molecule has 7 rings (SSSR count). The van der Waals surface area contributed by atoms with Gasteiger partial charge >= 0.3 is 0 Å². The summed E-state index contributed by atoms with van der Waals surface area (Å²) in [7, 11) is 0. The number of benzene rings is 3. The van der Waals surface area contributed by atoms with E-state index < -0.39 is 80.1 Å². The molecule has 280 valence electrons.